The van der Waals surface area contributed by atoms with Crippen molar-refractivity contribution in [1.82, 2.24) is 15.5 Å². The lowest BCUT2D eigenvalue weighted by atomic mass is 10.1. The third-order valence-corrected chi connectivity index (χ3v) is 4.34. The first-order valence-corrected chi connectivity index (χ1v) is 7.00. The molecule has 1 aliphatic rings. The van der Waals surface area contributed by atoms with E-state index in [0.29, 0.717) is 5.25 Å². The van der Waals surface area contributed by atoms with Crippen LogP contribution in [0.25, 0.3) is 0 Å². The molecule has 4 nitrogen and oxygen atoms in total. The van der Waals surface area contributed by atoms with Gasteiger partial charge in [0.2, 0.25) is 6.39 Å². The van der Waals surface area contributed by atoms with Gasteiger partial charge in [0.05, 0.1) is 0 Å². The molecule has 1 aromatic carbocycles. The monoisotopic (exact) mass is 261 g/mol. The van der Waals surface area contributed by atoms with Gasteiger partial charge in [-0.15, -0.1) is 11.8 Å². The largest absolute Gasteiger partial charge is 0.343 e. The van der Waals surface area contributed by atoms with Gasteiger partial charge in [0.25, 0.3) is 0 Å². The van der Waals surface area contributed by atoms with Crippen LogP contribution in [0.4, 0.5) is 0 Å². The van der Waals surface area contributed by atoms with Gasteiger partial charge in [-0.25, -0.2) is 0 Å². The van der Waals surface area contributed by atoms with Gasteiger partial charge in [-0.05, 0) is 18.1 Å². The minimum absolute atomic E-state index is 0.646. The van der Waals surface area contributed by atoms with Crippen molar-refractivity contribution >= 4 is 11.8 Å². The van der Waals surface area contributed by atoms with E-state index in [1.165, 1.54) is 16.9 Å². The number of thioether (sulfide) groups is 1. The van der Waals surface area contributed by atoms with Crippen LogP contribution in [0, 0.1) is 0 Å². The fourth-order valence-corrected chi connectivity index (χ4v) is 3.42. The molecule has 0 aliphatic carbocycles. The van der Waals surface area contributed by atoms with Crippen molar-refractivity contribution in [2.24, 2.45) is 0 Å². The van der Waals surface area contributed by atoms with Gasteiger partial charge >= 0.3 is 0 Å². The van der Waals surface area contributed by atoms with Crippen LogP contribution >= 0.6 is 11.8 Å². The molecule has 0 saturated carbocycles. The molecule has 1 N–H and O–H groups in total. The van der Waals surface area contributed by atoms with Crippen molar-refractivity contribution in [3.8, 4) is 0 Å². The summed E-state index contributed by atoms with van der Waals surface area (Å²) in [6.45, 7) is 1.92. The number of nitrogens with one attached hydrogen (secondary N) is 1. The SMILES string of the molecule is c1ccc2c(c1)CC(CNCCc1ncon1)S2. The summed E-state index contributed by atoms with van der Waals surface area (Å²) in [6, 6.07) is 8.66. The van der Waals surface area contributed by atoms with E-state index >= 15 is 0 Å². The normalized spacial score (nSPS) is 17.9. The molecule has 0 spiro atoms. The van der Waals surface area contributed by atoms with Gasteiger partial charge in [0, 0.05) is 29.7 Å². The maximum Gasteiger partial charge on any atom is 0.213 e. The molecule has 2 heterocycles. The van der Waals surface area contributed by atoms with Crippen molar-refractivity contribution < 1.29 is 4.52 Å². The average Bonchev–Trinajstić information content (AvgIpc) is 3.03. The Kier molecular flexibility index (Phi) is 3.61. The Morgan fingerprint density at radius 3 is 3.17 bits per heavy atom. The molecule has 0 fully saturated rings. The van der Waals surface area contributed by atoms with Crippen LogP contribution in [-0.4, -0.2) is 28.5 Å². The summed E-state index contributed by atoms with van der Waals surface area (Å²) in [6.07, 6.45) is 3.36. The summed E-state index contributed by atoms with van der Waals surface area (Å²) in [5.74, 6) is 0.768. The molecule has 0 bridgehead atoms. The third-order valence-electron chi connectivity index (χ3n) is 3.02. The number of aromatic nitrogens is 2. The van der Waals surface area contributed by atoms with Crippen molar-refractivity contribution in [2.75, 3.05) is 13.1 Å². The standard InChI is InChI=1S/C13H15N3OS/c1-2-4-12-10(3-1)7-11(18-12)8-14-6-5-13-15-9-17-16-13/h1-4,9,11,14H,5-8H2. The quantitative estimate of drug-likeness (QED) is 0.833. The van der Waals surface area contributed by atoms with Gasteiger partial charge in [-0.1, -0.05) is 23.4 Å². The summed E-state index contributed by atoms with van der Waals surface area (Å²) in [4.78, 5) is 5.43. The Labute approximate surface area is 110 Å². The van der Waals surface area contributed by atoms with Gasteiger partial charge in [-0.2, -0.15) is 4.98 Å². The fraction of sp³-hybridized carbons (Fsp3) is 0.385. The first kappa shape index (κ1) is 11.7. The molecule has 1 unspecified atom stereocenters. The predicted molar refractivity (Wildman–Crippen MR) is 70.7 cm³/mol. The van der Waals surface area contributed by atoms with Crippen molar-refractivity contribution in [1.29, 1.82) is 0 Å². The number of hydrogen-bond donors (Lipinski definition) is 1. The Bertz CT molecular complexity index is 476. The molecule has 1 aromatic heterocycles. The van der Waals surface area contributed by atoms with Crippen molar-refractivity contribution in [2.45, 2.75) is 23.0 Å². The molecular formula is C13H15N3OS. The number of rotatable bonds is 5. The van der Waals surface area contributed by atoms with E-state index < -0.39 is 0 Å². The maximum absolute atomic E-state index is 4.69. The van der Waals surface area contributed by atoms with Crippen LogP contribution in [0.3, 0.4) is 0 Å². The van der Waals surface area contributed by atoms with Crippen LogP contribution in [0.1, 0.15) is 11.4 Å². The summed E-state index contributed by atoms with van der Waals surface area (Å²) < 4.78 is 4.69. The third kappa shape index (κ3) is 2.73. The minimum Gasteiger partial charge on any atom is -0.343 e. The van der Waals surface area contributed by atoms with Crippen molar-refractivity contribution in [3.63, 3.8) is 0 Å². The molecule has 3 rings (SSSR count). The van der Waals surface area contributed by atoms with Gasteiger partial charge in [0.15, 0.2) is 5.82 Å². The zero-order valence-corrected chi connectivity index (χ0v) is 10.8. The lowest BCUT2D eigenvalue weighted by molar-refractivity contribution is 0.409. The maximum atomic E-state index is 4.69. The van der Waals surface area contributed by atoms with E-state index in [2.05, 4.69) is 39.7 Å². The lowest BCUT2D eigenvalue weighted by Crippen LogP contribution is -2.26. The fourth-order valence-electron chi connectivity index (χ4n) is 2.13. The highest BCUT2D eigenvalue weighted by atomic mass is 32.2. The van der Waals surface area contributed by atoms with E-state index in [1.807, 2.05) is 11.8 Å². The highest BCUT2D eigenvalue weighted by Gasteiger charge is 2.20. The zero-order valence-electron chi connectivity index (χ0n) is 10.0. The molecule has 1 aliphatic heterocycles. The van der Waals surface area contributed by atoms with Crippen molar-refractivity contribution in [3.05, 3.63) is 42.0 Å². The predicted octanol–water partition coefficient (Wildman–Crippen LogP) is 1.92. The first-order chi connectivity index (χ1) is 8.92. The highest BCUT2D eigenvalue weighted by molar-refractivity contribution is 8.00. The molecule has 0 radical (unpaired) electrons. The van der Waals surface area contributed by atoms with E-state index in [0.717, 1.165) is 31.8 Å². The van der Waals surface area contributed by atoms with E-state index in [-0.39, 0.29) is 0 Å². The van der Waals surface area contributed by atoms with Crippen LogP contribution < -0.4 is 5.32 Å². The van der Waals surface area contributed by atoms with Crippen LogP contribution in [-0.2, 0) is 12.8 Å². The van der Waals surface area contributed by atoms with Crippen LogP contribution in [0.5, 0.6) is 0 Å². The molecule has 94 valence electrons. The Morgan fingerprint density at radius 2 is 2.33 bits per heavy atom. The van der Waals surface area contributed by atoms with Gasteiger partial charge in [-0.3, -0.25) is 0 Å². The van der Waals surface area contributed by atoms with E-state index in [9.17, 15) is 0 Å². The lowest BCUT2D eigenvalue weighted by Gasteiger charge is -2.08. The molecule has 2 aromatic rings. The second-order valence-electron chi connectivity index (χ2n) is 4.35. The second-order valence-corrected chi connectivity index (χ2v) is 5.70. The van der Waals surface area contributed by atoms with Gasteiger partial charge in [0.1, 0.15) is 0 Å². The van der Waals surface area contributed by atoms with Gasteiger partial charge < -0.3 is 9.84 Å². The minimum atomic E-state index is 0.646. The number of hydrogen-bond acceptors (Lipinski definition) is 5. The van der Waals surface area contributed by atoms with E-state index in [4.69, 9.17) is 4.52 Å². The Morgan fingerprint density at radius 1 is 1.39 bits per heavy atom. The number of nitrogens with zero attached hydrogens (tertiary/aromatic N) is 2. The Hall–Kier alpha value is -1.33. The summed E-state index contributed by atoms with van der Waals surface area (Å²) in [5, 5.41) is 7.89. The van der Waals surface area contributed by atoms with Crippen LogP contribution in [0.2, 0.25) is 0 Å². The molecule has 0 amide bonds. The molecule has 18 heavy (non-hydrogen) atoms. The Balaban J connectivity index is 1.41. The molecular weight excluding hydrogens is 246 g/mol. The second kappa shape index (κ2) is 5.54. The van der Waals surface area contributed by atoms with E-state index in [1.54, 1.807) is 0 Å². The summed E-state index contributed by atoms with van der Waals surface area (Å²) >= 11 is 1.97. The summed E-state index contributed by atoms with van der Waals surface area (Å²) in [7, 11) is 0. The molecule has 5 heteroatoms. The number of fused-ring (bicyclic) bond motifs is 1. The summed E-state index contributed by atoms with van der Waals surface area (Å²) in [5.41, 5.74) is 1.48. The molecule has 1 atom stereocenters. The topological polar surface area (TPSA) is 51.0 Å². The van der Waals surface area contributed by atoms with Crippen LogP contribution in [0.15, 0.2) is 40.1 Å². The first-order valence-electron chi connectivity index (χ1n) is 6.12. The highest BCUT2D eigenvalue weighted by Crippen LogP contribution is 2.36. The average molecular weight is 261 g/mol. The zero-order chi connectivity index (χ0) is 12.2. The number of benzene rings is 1. The smallest absolute Gasteiger partial charge is 0.213 e. The molecule has 0 saturated heterocycles.